The molecule has 0 aliphatic rings. The van der Waals surface area contributed by atoms with E-state index in [2.05, 4.69) is 11.6 Å². The largest absolute Gasteiger partial charge is 0.493 e. The Hall–Kier alpha value is -2.34. The highest BCUT2D eigenvalue weighted by atomic mass is 32.2. The van der Waals surface area contributed by atoms with Gasteiger partial charge in [-0.25, -0.2) is 0 Å². The third-order valence-electron chi connectivity index (χ3n) is 3.30. The fourth-order valence-electron chi connectivity index (χ4n) is 2.11. The number of Topliss-reactive ketones (excluding diaryl/α,β-unsaturated/α-hetero) is 1. The number of carbonyl (C=O) groups excluding carboxylic acids is 1. The molecule has 1 heterocycles. The summed E-state index contributed by atoms with van der Waals surface area (Å²) in [6, 6.07) is 8.92. The molecule has 2 aromatic rings. The molecule has 0 unspecified atom stereocenters. The van der Waals surface area contributed by atoms with Gasteiger partial charge in [0.05, 0.1) is 11.3 Å². The molecular weight excluding hydrogens is 312 g/mol. The Kier molecular flexibility index (Phi) is 5.76. The second-order valence-electron chi connectivity index (χ2n) is 4.83. The van der Waals surface area contributed by atoms with Gasteiger partial charge >= 0.3 is 0 Å². The zero-order valence-electron chi connectivity index (χ0n) is 12.9. The number of aromatic hydroxyl groups is 1. The number of hydrogen-bond acceptors (Lipinski definition) is 5. The predicted octanol–water partition coefficient (Wildman–Crippen LogP) is 2.67. The first kappa shape index (κ1) is 17.0. The van der Waals surface area contributed by atoms with Crippen LogP contribution in [0.1, 0.15) is 22.8 Å². The molecule has 23 heavy (non-hydrogen) atoms. The molecule has 6 heteroatoms. The maximum absolute atomic E-state index is 12.4. The minimum absolute atomic E-state index is 0.0611. The van der Waals surface area contributed by atoms with E-state index in [1.807, 2.05) is 6.07 Å². The van der Waals surface area contributed by atoms with Crippen LogP contribution in [0.25, 0.3) is 0 Å². The lowest BCUT2D eigenvalue weighted by molar-refractivity contribution is 0.102. The van der Waals surface area contributed by atoms with Gasteiger partial charge in [-0.3, -0.25) is 14.2 Å². The summed E-state index contributed by atoms with van der Waals surface area (Å²) in [7, 11) is 0. The number of ketones is 1. The van der Waals surface area contributed by atoms with E-state index in [1.54, 1.807) is 37.3 Å². The standard InChI is InChI=1S/C17H18N2O3S/c1-3-10-19-16(22)13(4-2)15(21)18-17(19)23-11-14(20)12-8-6-5-7-9-12/h3,5-9,21H,1,4,10-11H2,2H3. The van der Waals surface area contributed by atoms with Gasteiger partial charge in [0.25, 0.3) is 5.56 Å². The Labute approximate surface area is 138 Å². The smallest absolute Gasteiger partial charge is 0.261 e. The molecule has 0 saturated carbocycles. The van der Waals surface area contributed by atoms with Crippen LogP contribution in [0.4, 0.5) is 0 Å². The third-order valence-corrected chi connectivity index (χ3v) is 4.28. The zero-order valence-corrected chi connectivity index (χ0v) is 13.7. The van der Waals surface area contributed by atoms with Gasteiger partial charge in [0, 0.05) is 12.1 Å². The van der Waals surface area contributed by atoms with Gasteiger partial charge in [0.15, 0.2) is 10.9 Å². The highest BCUT2D eigenvalue weighted by molar-refractivity contribution is 7.99. The number of benzene rings is 1. The number of nitrogens with zero attached hydrogens (tertiary/aromatic N) is 2. The van der Waals surface area contributed by atoms with Crippen molar-refractivity contribution in [3.63, 3.8) is 0 Å². The fourth-order valence-corrected chi connectivity index (χ4v) is 3.00. The maximum Gasteiger partial charge on any atom is 0.261 e. The molecule has 5 nitrogen and oxygen atoms in total. The highest BCUT2D eigenvalue weighted by Crippen LogP contribution is 2.20. The number of thioether (sulfide) groups is 1. The van der Waals surface area contributed by atoms with Crippen LogP contribution in [0, 0.1) is 0 Å². The maximum atomic E-state index is 12.4. The molecule has 1 aromatic heterocycles. The third kappa shape index (κ3) is 3.90. The van der Waals surface area contributed by atoms with Crippen molar-refractivity contribution in [2.24, 2.45) is 0 Å². The second-order valence-corrected chi connectivity index (χ2v) is 5.77. The number of hydrogen-bond donors (Lipinski definition) is 1. The van der Waals surface area contributed by atoms with Gasteiger partial charge in [-0.05, 0) is 6.42 Å². The molecule has 0 aliphatic carbocycles. The van der Waals surface area contributed by atoms with Gasteiger partial charge in [-0.2, -0.15) is 4.98 Å². The van der Waals surface area contributed by atoms with E-state index in [0.717, 1.165) is 11.8 Å². The average molecular weight is 330 g/mol. The monoisotopic (exact) mass is 330 g/mol. The van der Waals surface area contributed by atoms with Gasteiger partial charge < -0.3 is 5.11 Å². The second kappa shape index (κ2) is 7.78. The fraction of sp³-hybridized carbons (Fsp3) is 0.235. The van der Waals surface area contributed by atoms with Crippen molar-refractivity contribution in [2.45, 2.75) is 25.0 Å². The van der Waals surface area contributed by atoms with Gasteiger partial charge in [-0.15, -0.1) is 6.58 Å². The molecule has 2 rings (SSSR count). The summed E-state index contributed by atoms with van der Waals surface area (Å²) in [5, 5.41) is 10.2. The lowest BCUT2D eigenvalue weighted by atomic mass is 10.2. The van der Waals surface area contributed by atoms with Crippen LogP contribution in [0.2, 0.25) is 0 Å². The van der Waals surface area contributed by atoms with Crippen molar-refractivity contribution in [1.29, 1.82) is 0 Å². The van der Waals surface area contributed by atoms with Crippen LogP contribution in [-0.4, -0.2) is 26.2 Å². The lowest BCUT2D eigenvalue weighted by Gasteiger charge is -2.12. The van der Waals surface area contributed by atoms with Crippen molar-refractivity contribution in [2.75, 3.05) is 5.75 Å². The summed E-state index contributed by atoms with van der Waals surface area (Å²) in [6.07, 6.45) is 1.98. The van der Waals surface area contributed by atoms with Crippen LogP contribution in [0.15, 0.2) is 52.9 Å². The number of allylic oxidation sites excluding steroid dienone is 1. The molecule has 0 aliphatic heterocycles. The highest BCUT2D eigenvalue weighted by Gasteiger charge is 2.16. The summed E-state index contributed by atoms with van der Waals surface area (Å²) in [5.74, 6) is -0.195. The number of carbonyl (C=O) groups is 1. The summed E-state index contributed by atoms with van der Waals surface area (Å²) >= 11 is 1.13. The lowest BCUT2D eigenvalue weighted by Crippen LogP contribution is -2.26. The quantitative estimate of drug-likeness (QED) is 0.366. The molecule has 1 N–H and O–H groups in total. The minimum atomic E-state index is -0.297. The normalized spacial score (nSPS) is 10.5. The molecule has 0 saturated heterocycles. The summed E-state index contributed by atoms with van der Waals surface area (Å²) in [6.45, 7) is 5.69. The molecule has 0 fully saturated rings. The molecule has 0 spiro atoms. The van der Waals surface area contributed by atoms with Gasteiger partial charge in [0.1, 0.15) is 0 Å². The number of aromatic nitrogens is 2. The van der Waals surface area contributed by atoms with Crippen LogP contribution >= 0.6 is 11.8 Å². The first-order chi connectivity index (χ1) is 11.1. The Morgan fingerprint density at radius 1 is 1.39 bits per heavy atom. The topological polar surface area (TPSA) is 72.2 Å². The van der Waals surface area contributed by atoms with Crippen molar-refractivity contribution >= 4 is 17.5 Å². The molecule has 1 aromatic carbocycles. The van der Waals surface area contributed by atoms with E-state index >= 15 is 0 Å². The van der Waals surface area contributed by atoms with Crippen LogP contribution < -0.4 is 5.56 Å². The van der Waals surface area contributed by atoms with E-state index in [9.17, 15) is 14.7 Å². The SMILES string of the molecule is C=CCn1c(SCC(=O)c2ccccc2)nc(O)c(CC)c1=O. The Morgan fingerprint density at radius 3 is 2.70 bits per heavy atom. The van der Waals surface area contributed by atoms with Crippen molar-refractivity contribution in [1.82, 2.24) is 9.55 Å². The van der Waals surface area contributed by atoms with Crippen molar-refractivity contribution < 1.29 is 9.90 Å². The molecule has 0 atom stereocenters. The van der Waals surface area contributed by atoms with E-state index in [0.29, 0.717) is 17.1 Å². The van der Waals surface area contributed by atoms with E-state index < -0.39 is 0 Å². The average Bonchev–Trinajstić information content (AvgIpc) is 2.56. The summed E-state index contributed by atoms with van der Waals surface area (Å²) < 4.78 is 1.43. The van der Waals surface area contributed by atoms with Gasteiger partial charge in [-0.1, -0.05) is 55.1 Å². The summed E-state index contributed by atoms with van der Waals surface area (Å²) in [5.41, 5.74) is 0.576. The van der Waals surface area contributed by atoms with E-state index in [4.69, 9.17) is 0 Å². The molecular formula is C17H18N2O3S. The van der Waals surface area contributed by atoms with Crippen LogP contribution in [-0.2, 0) is 13.0 Å². The van der Waals surface area contributed by atoms with Crippen molar-refractivity contribution in [3.05, 3.63) is 64.5 Å². The molecule has 120 valence electrons. The molecule has 0 radical (unpaired) electrons. The Morgan fingerprint density at radius 2 is 2.09 bits per heavy atom. The number of rotatable bonds is 7. The predicted molar refractivity (Wildman–Crippen MR) is 91.2 cm³/mol. The summed E-state index contributed by atoms with van der Waals surface area (Å²) in [4.78, 5) is 28.6. The van der Waals surface area contributed by atoms with Crippen molar-refractivity contribution in [3.8, 4) is 5.88 Å². The Balaban J connectivity index is 2.27. The van der Waals surface area contributed by atoms with E-state index in [-0.39, 0.29) is 35.1 Å². The Bertz CT molecular complexity index is 769. The first-order valence-corrected chi connectivity index (χ1v) is 8.21. The molecule has 0 amide bonds. The van der Waals surface area contributed by atoms with Crippen LogP contribution in [0.3, 0.4) is 0 Å². The molecule has 0 bridgehead atoms. The zero-order chi connectivity index (χ0) is 16.8. The minimum Gasteiger partial charge on any atom is -0.493 e. The van der Waals surface area contributed by atoms with Crippen LogP contribution in [0.5, 0.6) is 5.88 Å². The van der Waals surface area contributed by atoms with Gasteiger partial charge in [0.2, 0.25) is 5.88 Å². The first-order valence-electron chi connectivity index (χ1n) is 7.23. The van der Waals surface area contributed by atoms with E-state index in [1.165, 1.54) is 4.57 Å².